The second kappa shape index (κ2) is 50.4. The molecule has 5 heterocycles. The molecule has 0 bridgehead atoms. The number of thioether (sulfide) groups is 1. The number of H-pyrrole nitrogens is 2. The number of phenols is 1. The summed E-state index contributed by atoms with van der Waals surface area (Å²) in [7, 11) is 3.91. The molecule has 44 nitrogen and oxygen atoms in total. The molecule has 8 rings (SSSR count). The lowest BCUT2D eigenvalue weighted by atomic mass is 10.00. The molecule has 45 heteroatoms. The molecule has 0 saturated carbocycles. The Kier molecular flexibility index (Phi) is 39.9. The van der Waals surface area contributed by atoms with Gasteiger partial charge in [-0.25, -0.2) is 0 Å². The predicted octanol–water partition coefficient (Wildman–Crippen LogP) is -4.64. The number of phenolic OH excluding ortho intramolecular Hbond substituents is 1. The molecule has 720 valence electrons. The molecular formula is C87H125N23O21S. The van der Waals surface area contributed by atoms with E-state index in [0.29, 0.717) is 64.2 Å². The molecule has 3 fully saturated rings. The second-order valence-electron chi connectivity index (χ2n) is 33.1. The van der Waals surface area contributed by atoms with Gasteiger partial charge in [-0.15, -0.1) is 11.8 Å². The van der Waals surface area contributed by atoms with Gasteiger partial charge in [0.25, 0.3) is 0 Å². The third-order valence-corrected chi connectivity index (χ3v) is 24.6. The number of aliphatic hydroxyl groups excluding tert-OH is 2. The first-order valence-corrected chi connectivity index (χ1v) is 45.2. The number of aromatic nitrogens is 2. The number of hydrogen-bond donors (Lipinski definition) is 22. The number of carboxylic acids is 1. The zero-order valence-electron chi connectivity index (χ0n) is 74.8. The monoisotopic (exact) mass is 1860 g/mol. The van der Waals surface area contributed by atoms with Gasteiger partial charge in [0.05, 0.1) is 25.0 Å². The minimum atomic E-state index is -1.93. The summed E-state index contributed by atoms with van der Waals surface area (Å²) < 4.78 is 0. The Bertz CT molecular complexity index is 4940. The molecule has 3 saturated heterocycles. The number of likely N-dealkylation sites (N-methyl/N-ethyl adjacent to an activating group) is 3. The highest BCUT2D eigenvalue weighted by molar-refractivity contribution is 8.00. The summed E-state index contributed by atoms with van der Waals surface area (Å²) in [5.41, 5.74) is 25.8. The number of carboxylic acid groups (broad SMARTS) is 1. The fraction of sp³-hybridized carbons (Fsp3) is 0.540. The van der Waals surface area contributed by atoms with Gasteiger partial charge in [0, 0.05) is 119 Å². The van der Waals surface area contributed by atoms with Crippen molar-refractivity contribution in [3.8, 4) is 5.75 Å². The summed E-state index contributed by atoms with van der Waals surface area (Å²) in [6.45, 7) is 1.60. The largest absolute Gasteiger partial charge is 0.508 e. The van der Waals surface area contributed by atoms with Crippen LogP contribution < -0.4 is 81.4 Å². The van der Waals surface area contributed by atoms with Crippen LogP contribution in [0.15, 0.2) is 85.2 Å². The standard InChI is InChI=1S/C87H125N23O21S/c1-7-9-22-66-79(124)98-57(21-15-33-93-87(91)92)75(120)105-65(74(119)96-42-70(90)114)45-132-46-71(115)97-61(35-48-25-27-51(112)28-26-48)82(127)106(4)47(3)73(118)99-59(31-32-88)84(129)109-34-16-24-67(109)80(125)103-63(39-89)77(122)100-58(29-30-72(116)117)85(130)110-43-52(113)38-69(110)81(126)101-60(36-49-40-94-55-19-13-11-17-53(49)55)76(121)104-64(44-111)78(123)102-62(37-50-41-95-56-20-14-12-18-54(50)56)83(128)108(6)68(23-10-8-2)86(131)107(66)5/h11-14,17-20,25-28,40-41,47,52,57-69,94-95,111-113H,7-10,15-16,21-24,29-39,42-46,88-89H2,1-6H3,(H2,90,114)(H,96,119)(H,97,115)(H,98,124)(H,99,118)(H,100,122)(H,101,126)(H,102,123)(H,103,125)(H,104,121)(H,105,120)(H,116,117)(H4,91,92,93)/t47-,52+,57-,58-,59-,60-,61-,62-,63-,64-,65-,66-,67-,68-,69-/m0/s1. The van der Waals surface area contributed by atoms with E-state index in [9.17, 15) is 68.4 Å². The lowest BCUT2D eigenvalue weighted by Gasteiger charge is -2.36. The first kappa shape index (κ1) is 104. The maximum absolute atomic E-state index is 15.7. The van der Waals surface area contributed by atoms with Crippen LogP contribution in [0.4, 0.5) is 0 Å². The van der Waals surface area contributed by atoms with Crippen LogP contribution in [-0.2, 0) is 101 Å². The predicted molar refractivity (Wildman–Crippen MR) is 484 cm³/mol. The van der Waals surface area contributed by atoms with E-state index in [4.69, 9.17) is 28.3 Å². The van der Waals surface area contributed by atoms with Gasteiger partial charge < -0.3 is 136 Å². The van der Waals surface area contributed by atoms with E-state index in [0.717, 1.165) is 36.3 Å². The van der Waals surface area contributed by atoms with Crippen molar-refractivity contribution >= 4 is 140 Å². The average molecular weight is 1860 g/mol. The van der Waals surface area contributed by atoms with Gasteiger partial charge in [-0.2, -0.15) is 0 Å². The maximum Gasteiger partial charge on any atom is 0.303 e. The van der Waals surface area contributed by atoms with Crippen molar-refractivity contribution in [3.63, 3.8) is 0 Å². The molecule has 0 radical (unpaired) electrons. The number of unbranched alkanes of at least 4 members (excludes halogenated alkanes) is 2. The molecule has 0 spiro atoms. The maximum atomic E-state index is 15.7. The van der Waals surface area contributed by atoms with Crippen molar-refractivity contribution in [2.45, 2.75) is 221 Å². The van der Waals surface area contributed by atoms with Gasteiger partial charge in [0.2, 0.25) is 94.5 Å². The fourth-order valence-electron chi connectivity index (χ4n) is 16.1. The quantitative estimate of drug-likeness (QED) is 0.0141. The van der Waals surface area contributed by atoms with Crippen molar-refractivity contribution < 1.29 is 102 Å². The summed E-state index contributed by atoms with van der Waals surface area (Å²) in [5, 5.41) is 80.2. The number of guanidine groups is 1. The number of aromatic hydroxyl groups is 1. The van der Waals surface area contributed by atoms with Gasteiger partial charge >= 0.3 is 5.97 Å². The first-order valence-electron chi connectivity index (χ1n) is 44.1. The normalized spacial score (nSPS) is 25.0. The zero-order chi connectivity index (χ0) is 96.7. The lowest BCUT2D eigenvalue weighted by Crippen LogP contribution is -2.62. The topological polar surface area (TPSA) is 679 Å². The van der Waals surface area contributed by atoms with E-state index in [1.807, 2.05) is 13.8 Å². The smallest absolute Gasteiger partial charge is 0.303 e. The van der Waals surface area contributed by atoms with E-state index in [-0.39, 0.29) is 89.6 Å². The minimum Gasteiger partial charge on any atom is -0.508 e. The number of aliphatic carboxylic acids is 1. The van der Waals surface area contributed by atoms with Gasteiger partial charge in [-0.05, 0) is 106 Å². The number of primary amides is 1. The van der Waals surface area contributed by atoms with Crippen molar-refractivity contribution in [2.75, 3.05) is 78.5 Å². The molecule has 15 atom stereocenters. The molecule has 3 aromatic carbocycles. The SMILES string of the molecule is CCCC[C@H]1C(=O)N(C)[C@@H](CCCC)C(=O)N[C@@H](CCCNC(=N)N)C(=O)N[C@H](C(=O)NCC(N)=O)CSCC(=O)N[C@@H](Cc2ccc(O)cc2)C(=O)N(C)[C@@H](C)C(=O)N[C@@H](CCN)C(=O)N2CCC[C@H]2C(=O)N[C@@H](CN)C(=O)N[C@@H](CCC(=O)O)C(=O)N2C[C@H](O)C[C@H]2C(=O)N[C@@H](Cc2c[nH]c3ccccc23)C(=O)N[C@@H](CO)C(=O)N[C@@H](Cc2c[nH]c3ccccc23)C(=O)N1C. The molecule has 16 amide bonds. The number of amides is 16. The third kappa shape index (κ3) is 29.0. The molecule has 0 aliphatic carbocycles. The number of nitrogens with zero attached hydrogens (tertiary/aromatic N) is 5. The van der Waals surface area contributed by atoms with Crippen molar-refractivity contribution in [2.24, 2.45) is 22.9 Å². The van der Waals surface area contributed by atoms with E-state index >= 15 is 33.6 Å². The number of hydrogen-bond acceptors (Lipinski definition) is 24. The van der Waals surface area contributed by atoms with Gasteiger partial charge in [0.15, 0.2) is 5.96 Å². The molecule has 3 aliphatic rings. The zero-order valence-corrected chi connectivity index (χ0v) is 75.6. The van der Waals surface area contributed by atoms with Gasteiger partial charge in [0.1, 0.15) is 90.3 Å². The summed E-state index contributed by atoms with van der Waals surface area (Å²) in [4.78, 5) is 259. The van der Waals surface area contributed by atoms with Crippen LogP contribution in [0, 0.1) is 5.41 Å². The summed E-state index contributed by atoms with van der Waals surface area (Å²) in [6, 6.07) is -2.59. The van der Waals surface area contributed by atoms with E-state index < -0.39 is 254 Å². The minimum absolute atomic E-state index is 0.00601. The Balaban J connectivity index is 1.19. The number of benzene rings is 3. The summed E-state index contributed by atoms with van der Waals surface area (Å²) in [6.07, 6.45) is 0.297. The van der Waals surface area contributed by atoms with Crippen LogP contribution >= 0.6 is 11.8 Å². The number of rotatable bonds is 26. The fourth-order valence-corrected chi connectivity index (χ4v) is 16.9. The van der Waals surface area contributed by atoms with Crippen LogP contribution in [0.1, 0.15) is 127 Å². The van der Waals surface area contributed by atoms with Crippen molar-refractivity contribution in [1.29, 1.82) is 5.41 Å². The number of carbonyl (C=O) groups excluding carboxylic acids is 16. The Morgan fingerprint density at radius 2 is 1.06 bits per heavy atom. The highest BCUT2D eigenvalue weighted by Gasteiger charge is 2.46. The van der Waals surface area contributed by atoms with Crippen molar-refractivity contribution in [1.82, 2.24) is 93.0 Å². The number of carbonyl (C=O) groups is 17. The Morgan fingerprint density at radius 1 is 0.538 bits per heavy atom. The molecule has 26 N–H and O–H groups in total. The first-order chi connectivity index (χ1) is 62.9. The summed E-state index contributed by atoms with van der Waals surface area (Å²) in [5.74, 6) is -18.3. The highest BCUT2D eigenvalue weighted by atomic mass is 32.2. The number of nitrogens with one attached hydrogen (secondary N) is 14. The second-order valence-corrected chi connectivity index (χ2v) is 34.2. The molecule has 2 aromatic heterocycles. The van der Waals surface area contributed by atoms with E-state index in [1.54, 1.807) is 60.9 Å². The molecular weight excluding hydrogens is 1740 g/mol. The van der Waals surface area contributed by atoms with Crippen LogP contribution in [0.3, 0.4) is 0 Å². The number of nitrogens with two attached hydrogens (primary N) is 4. The molecule has 0 unspecified atom stereocenters. The average Bonchev–Trinajstić information content (AvgIpc) is 1.60. The molecule has 5 aromatic rings. The number of para-hydroxylation sites is 2. The van der Waals surface area contributed by atoms with Crippen LogP contribution in [0.2, 0.25) is 0 Å². The van der Waals surface area contributed by atoms with Crippen LogP contribution in [0.5, 0.6) is 5.75 Å². The highest BCUT2D eigenvalue weighted by Crippen LogP contribution is 2.28. The van der Waals surface area contributed by atoms with E-state index in [2.05, 4.69) is 68.5 Å². The van der Waals surface area contributed by atoms with Crippen molar-refractivity contribution in [3.05, 3.63) is 102 Å². The third-order valence-electron chi connectivity index (χ3n) is 23.6. The van der Waals surface area contributed by atoms with E-state index in [1.165, 1.54) is 52.3 Å². The van der Waals surface area contributed by atoms with Gasteiger partial charge in [-0.3, -0.25) is 86.9 Å². The Morgan fingerprint density at radius 3 is 1.67 bits per heavy atom. The number of aromatic amines is 2. The van der Waals surface area contributed by atoms with Crippen LogP contribution in [-0.4, -0.2) is 331 Å². The van der Waals surface area contributed by atoms with Gasteiger partial charge in [-0.1, -0.05) is 88.1 Å². The lowest BCUT2D eigenvalue weighted by molar-refractivity contribution is -0.149. The molecule has 3 aliphatic heterocycles. The summed E-state index contributed by atoms with van der Waals surface area (Å²) >= 11 is 0.770. The molecule has 132 heavy (non-hydrogen) atoms. The number of fused-ring (bicyclic) bond motifs is 4. The Hall–Kier alpha value is -13.0. The Labute approximate surface area is 766 Å². The van der Waals surface area contributed by atoms with Crippen LogP contribution in [0.25, 0.3) is 21.8 Å². The number of aliphatic hydroxyl groups is 2.